The molecule has 1 aromatic heterocycles. The van der Waals surface area contributed by atoms with Crippen LogP contribution in [0.3, 0.4) is 0 Å². The molecule has 0 saturated carbocycles. The number of nitrogens with zero attached hydrogens (tertiary/aromatic N) is 2. The maximum Gasteiger partial charge on any atom is 0.305 e. The van der Waals surface area contributed by atoms with Crippen molar-refractivity contribution in [3.8, 4) is 0 Å². The third-order valence-electron chi connectivity index (χ3n) is 4.09. The number of benzene rings is 2. The zero-order valence-corrected chi connectivity index (χ0v) is 14.7. The van der Waals surface area contributed by atoms with Crippen molar-refractivity contribution in [3.63, 3.8) is 0 Å². The number of nitrogens with two attached hydrogens (primary N) is 4. The van der Waals surface area contributed by atoms with Crippen LogP contribution in [0.15, 0.2) is 59.7 Å². The standard InChI is InChI=1S/C19H20N6O3/c20-12-4-1-10(2-5-12)17(25-18(22)23)16(21)11-3-6-15-13(9-11)14(7-8-24-15)19(26,27)28/h1-9,26-28H,20-21H2,(H4,22,23,25)/b17-16-. The minimum atomic E-state index is -3.03. The van der Waals surface area contributed by atoms with Crippen LogP contribution in [0, 0.1) is 0 Å². The molecule has 0 amide bonds. The zero-order valence-electron chi connectivity index (χ0n) is 14.7. The van der Waals surface area contributed by atoms with Crippen LogP contribution in [-0.2, 0) is 5.97 Å². The van der Waals surface area contributed by atoms with E-state index in [1.54, 1.807) is 42.5 Å². The molecular formula is C19H20N6O3. The first-order chi connectivity index (χ1) is 13.2. The summed E-state index contributed by atoms with van der Waals surface area (Å²) in [6.45, 7) is 0. The van der Waals surface area contributed by atoms with Gasteiger partial charge in [-0.05, 0) is 30.3 Å². The van der Waals surface area contributed by atoms with Crippen molar-refractivity contribution >= 4 is 33.9 Å². The Hall–Kier alpha value is -3.66. The van der Waals surface area contributed by atoms with Gasteiger partial charge in [-0.25, -0.2) is 4.99 Å². The summed E-state index contributed by atoms with van der Waals surface area (Å²) in [5, 5.41) is 29.2. The molecule has 11 N–H and O–H groups in total. The number of nitrogen functional groups attached to an aromatic ring is 1. The quantitative estimate of drug-likeness (QED) is 0.108. The first-order valence-corrected chi connectivity index (χ1v) is 8.19. The predicted molar refractivity (Wildman–Crippen MR) is 108 cm³/mol. The molecule has 0 aliphatic heterocycles. The fourth-order valence-electron chi connectivity index (χ4n) is 2.79. The highest BCUT2D eigenvalue weighted by atomic mass is 16.7. The van der Waals surface area contributed by atoms with E-state index in [1.807, 2.05) is 0 Å². The Morgan fingerprint density at radius 1 is 0.893 bits per heavy atom. The fraction of sp³-hybridized carbons (Fsp3) is 0.0526. The highest BCUT2D eigenvalue weighted by molar-refractivity contribution is 5.96. The van der Waals surface area contributed by atoms with Gasteiger partial charge >= 0.3 is 5.97 Å². The third-order valence-corrected chi connectivity index (χ3v) is 4.09. The van der Waals surface area contributed by atoms with Crippen LogP contribution >= 0.6 is 0 Å². The summed E-state index contributed by atoms with van der Waals surface area (Å²) in [4.78, 5) is 8.27. The number of pyridine rings is 1. The average Bonchev–Trinajstić information content (AvgIpc) is 2.64. The van der Waals surface area contributed by atoms with Crippen LogP contribution in [0.25, 0.3) is 22.3 Å². The van der Waals surface area contributed by atoms with Gasteiger partial charge in [0.15, 0.2) is 5.96 Å². The molecule has 0 atom stereocenters. The van der Waals surface area contributed by atoms with Gasteiger partial charge in [-0.2, -0.15) is 0 Å². The number of hydrogen-bond donors (Lipinski definition) is 7. The normalized spacial score (nSPS) is 12.5. The first kappa shape index (κ1) is 19.1. The number of fused-ring (bicyclic) bond motifs is 1. The molecule has 0 bridgehead atoms. The van der Waals surface area contributed by atoms with Crippen LogP contribution in [0.5, 0.6) is 0 Å². The Bertz CT molecular complexity index is 1080. The lowest BCUT2D eigenvalue weighted by Crippen LogP contribution is -2.24. The number of aliphatic imine (C=N–C) groups is 1. The number of aliphatic hydroxyl groups is 3. The molecule has 3 rings (SSSR count). The summed E-state index contributed by atoms with van der Waals surface area (Å²) in [6, 6.07) is 13.0. The second-order valence-corrected chi connectivity index (χ2v) is 6.15. The summed E-state index contributed by atoms with van der Waals surface area (Å²) in [5.41, 5.74) is 25.7. The minimum Gasteiger partial charge on any atom is -0.399 e. The van der Waals surface area contributed by atoms with Gasteiger partial charge in [0.2, 0.25) is 0 Å². The van der Waals surface area contributed by atoms with Gasteiger partial charge in [-0.1, -0.05) is 18.2 Å². The molecule has 9 heteroatoms. The molecule has 0 unspecified atom stereocenters. The maximum atomic E-state index is 9.62. The number of rotatable bonds is 4. The van der Waals surface area contributed by atoms with Gasteiger partial charge in [0.1, 0.15) is 0 Å². The van der Waals surface area contributed by atoms with E-state index in [0.717, 1.165) is 0 Å². The number of aromatic nitrogens is 1. The molecule has 0 spiro atoms. The molecule has 0 fully saturated rings. The second kappa shape index (κ2) is 7.16. The van der Waals surface area contributed by atoms with Gasteiger partial charge in [-0.3, -0.25) is 4.98 Å². The van der Waals surface area contributed by atoms with Crippen LogP contribution in [0.2, 0.25) is 0 Å². The fourth-order valence-corrected chi connectivity index (χ4v) is 2.79. The molecular weight excluding hydrogens is 360 g/mol. The van der Waals surface area contributed by atoms with E-state index in [4.69, 9.17) is 22.9 Å². The zero-order chi connectivity index (χ0) is 20.5. The largest absolute Gasteiger partial charge is 0.399 e. The highest BCUT2D eigenvalue weighted by Gasteiger charge is 2.25. The SMILES string of the molecule is NC(N)=N/C(=C(\N)c1ccc2nccc(C(O)(O)O)c2c1)c1ccc(N)cc1. The van der Waals surface area contributed by atoms with E-state index in [-0.39, 0.29) is 17.2 Å². The lowest BCUT2D eigenvalue weighted by atomic mass is 10.0. The van der Waals surface area contributed by atoms with E-state index >= 15 is 0 Å². The van der Waals surface area contributed by atoms with Crippen molar-refractivity contribution in [1.82, 2.24) is 4.98 Å². The van der Waals surface area contributed by atoms with E-state index in [0.29, 0.717) is 33.4 Å². The lowest BCUT2D eigenvalue weighted by Gasteiger charge is -2.17. The minimum absolute atomic E-state index is 0.136. The van der Waals surface area contributed by atoms with Crippen LogP contribution < -0.4 is 22.9 Å². The van der Waals surface area contributed by atoms with Gasteiger partial charge in [0, 0.05) is 28.4 Å². The monoisotopic (exact) mass is 380 g/mol. The number of anilines is 1. The Labute approximate surface area is 160 Å². The van der Waals surface area contributed by atoms with E-state index in [9.17, 15) is 15.3 Å². The van der Waals surface area contributed by atoms with Crippen molar-refractivity contribution in [2.45, 2.75) is 5.97 Å². The lowest BCUT2D eigenvalue weighted by molar-refractivity contribution is -0.322. The van der Waals surface area contributed by atoms with Gasteiger partial charge in [0.05, 0.1) is 22.5 Å². The van der Waals surface area contributed by atoms with Crippen molar-refractivity contribution < 1.29 is 15.3 Å². The van der Waals surface area contributed by atoms with Crippen LogP contribution in [0.4, 0.5) is 5.69 Å². The number of guanidine groups is 1. The van der Waals surface area contributed by atoms with Crippen LogP contribution in [0.1, 0.15) is 16.7 Å². The molecule has 0 radical (unpaired) electrons. The Morgan fingerprint density at radius 2 is 1.54 bits per heavy atom. The average molecular weight is 380 g/mol. The molecule has 2 aromatic carbocycles. The summed E-state index contributed by atoms with van der Waals surface area (Å²) in [5.74, 6) is -3.21. The van der Waals surface area contributed by atoms with E-state index in [1.165, 1.54) is 12.3 Å². The van der Waals surface area contributed by atoms with Crippen molar-refractivity contribution in [2.24, 2.45) is 22.2 Å². The molecule has 144 valence electrons. The molecule has 28 heavy (non-hydrogen) atoms. The predicted octanol–water partition coefficient (Wildman–Crippen LogP) is -0.0379. The second-order valence-electron chi connectivity index (χ2n) is 6.15. The molecule has 0 aliphatic rings. The maximum absolute atomic E-state index is 9.62. The smallest absolute Gasteiger partial charge is 0.305 e. The van der Waals surface area contributed by atoms with Crippen molar-refractivity contribution in [1.29, 1.82) is 0 Å². The molecule has 9 nitrogen and oxygen atoms in total. The Morgan fingerprint density at radius 3 is 2.14 bits per heavy atom. The van der Waals surface area contributed by atoms with E-state index in [2.05, 4.69) is 9.98 Å². The van der Waals surface area contributed by atoms with Crippen molar-refractivity contribution in [2.75, 3.05) is 5.73 Å². The molecule has 3 aromatic rings. The first-order valence-electron chi connectivity index (χ1n) is 8.19. The number of hydrogen-bond acceptors (Lipinski definition) is 7. The molecule has 0 aliphatic carbocycles. The summed E-state index contributed by atoms with van der Waals surface area (Å²) in [6.07, 6.45) is 1.35. The van der Waals surface area contributed by atoms with Gasteiger partial charge in [0.25, 0.3) is 0 Å². The van der Waals surface area contributed by atoms with Gasteiger partial charge < -0.3 is 38.3 Å². The topological polar surface area (TPSA) is 190 Å². The molecule has 1 heterocycles. The Kier molecular flexibility index (Phi) is 4.89. The summed E-state index contributed by atoms with van der Waals surface area (Å²) in [7, 11) is 0. The van der Waals surface area contributed by atoms with Crippen molar-refractivity contribution in [3.05, 3.63) is 71.4 Å². The van der Waals surface area contributed by atoms with Gasteiger partial charge in [-0.15, -0.1) is 0 Å². The highest BCUT2D eigenvalue weighted by Crippen LogP contribution is 2.29. The van der Waals surface area contributed by atoms with E-state index < -0.39 is 5.97 Å². The third kappa shape index (κ3) is 3.86. The van der Waals surface area contributed by atoms with Crippen LogP contribution in [-0.4, -0.2) is 26.3 Å². The summed E-state index contributed by atoms with van der Waals surface area (Å²) < 4.78 is 0. The summed E-state index contributed by atoms with van der Waals surface area (Å²) >= 11 is 0. The molecule has 0 saturated heterocycles. The Balaban J connectivity index is 2.25.